The van der Waals surface area contributed by atoms with Gasteiger partial charge in [-0.3, -0.25) is 0 Å². The van der Waals surface area contributed by atoms with Crippen LogP contribution in [0.3, 0.4) is 0 Å². The average Bonchev–Trinajstić information content (AvgIpc) is 2.11. The second-order valence-electron chi connectivity index (χ2n) is 4.35. The van der Waals surface area contributed by atoms with Crippen molar-refractivity contribution < 1.29 is 5.11 Å². The van der Waals surface area contributed by atoms with Gasteiger partial charge < -0.3 is 5.11 Å². The van der Waals surface area contributed by atoms with Crippen molar-refractivity contribution in [2.24, 2.45) is 5.92 Å². The van der Waals surface area contributed by atoms with Gasteiger partial charge in [0.2, 0.25) is 0 Å². The van der Waals surface area contributed by atoms with Crippen molar-refractivity contribution in [3.63, 3.8) is 0 Å². The fourth-order valence-electron chi connectivity index (χ4n) is 1.54. The zero-order chi connectivity index (χ0) is 10.7. The molecule has 0 aromatic heterocycles. The number of benzene rings is 1. The first kappa shape index (κ1) is 11.3. The van der Waals surface area contributed by atoms with Gasteiger partial charge in [-0.2, -0.15) is 0 Å². The summed E-state index contributed by atoms with van der Waals surface area (Å²) in [4.78, 5) is 0. The number of hydrogen-bond donors (Lipinski definition) is 1. The number of hydrogen-bond acceptors (Lipinski definition) is 1. The van der Waals surface area contributed by atoms with Crippen LogP contribution in [0.5, 0.6) is 0 Å². The largest absolute Gasteiger partial charge is 0.393 e. The highest BCUT2D eigenvalue weighted by atomic mass is 16.3. The van der Waals surface area contributed by atoms with Crippen LogP contribution in [-0.4, -0.2) is 11.2 Å². The molecule has 0 amide bonds. The topological polar surface area (TPSA) is 20.2 Å². The Labute approximate surface area is 86.8 Å². The second-order valence-corrected chi connectivity index (χ2v) is 4.35. The van der Waals surface area contributed by atoms with Gasteiger partial charge in [-0.1, -0.05) is 30.7 Å². The Bertz CT molecular complexity index is 302. The maximum absolute atomic E-state index is 9.44. The minimum atomic E-state index is -0.227. The summed E-state index contributed by atoms with van der Waals surface area (Å²) in [5.41, 5.74) is 3.98. The van der Waals surface area contributed by atoms with Gasteiger partial charge >= 0.3 is 0 Å². The molecule has 0 bridgehead atoms. The smallest absolute Gasteiger partial charge is 0.0540 e. The van der Waals surface area contributed by atoms with Crippen LogP contribution in [0.4, 0.5) is 0 Å². The second kappa shape index (κ2) is 4.61. The third-order valence-electron chi connectivity index (χ3n) is 2.87. The van der Waals surface area contributed by atoms with Crippen LogP contribution in [-0.2, 0) is 6.42 Å². The van der Waals surface area contributed by atoms with E-state index in [4.69, 9.17) is 0 Å². The molecule has 1 rings (SSSR count). The molecule has 0 fully saturated rings. The molecule has 0 heterocycles. The molecule has 0 radical (unpaired) electrons. The van der Waals surface area contributed by atoms with Crippen molar-refractivity contribution >= 4 is 0 Å². The van der Waals surface area contributed by atoms with E-state index in [1.165, 1.54) is 16.7 Å². The van der Waals surface area contributed by atoms with Crippen LogP contribution in [0.1, 0.15) is 30.5 Å². The summed E-state index contributed by atoms with van der Waals surface area (Å²) in [6, 6.07) is 6.50. The molecule has 2 unspecified atom stereocenters. The van der Waals surface area contributed by atoms with Gasteiger partial charge in [0.05, 0.1) is 6.10 Å². The highest BCUT2D eigenvalue weighted by Crippen LogP contribution is 2.17. The van der Waals surface area contributed by atoms with Crippen molar-refractivity contribution in [1.82, 2.24) is 0 Å². The molecule has 14 heavy (non-hydrogen) atoms. The molecular formula is C13H20O. The molecule has 0 aliphatic carbocycles. The molecule has 1 N–H and O–H groups in total. The van der Waals surface area contributed by atoms with E-state index in [1.54, 1.807) is 0 Å². The first-order chi connectivity index (χ1) is 6.50. The summed E-state index contributed by atoms with van der Waals surface area (Å²) >= 11 is 0. The van der Waals surface area contributed by atoms with E-state index in [0.717, 1.165) is 6.42 Å². The number of aliphatic hydroxyl groups excluding tert-OH is 1. The maximum atomic E-state index is 9.44. The predicted octanol–water partition coefficient (Wildman–Crippen LogP) is 2.86. The van der Waals surface area contributed by atoms with Gasteiger partial charge in [0.15, 0.2) is 0 Å². The van der Waals surface area contributed by atoms with Gasteiger partial charge in [-0.25, -0.2) is 0 Å². The van der Waals surface area contributed by atoms with Crippen LogP contribution in [0.25, 0.3) is 0 Å². The molecule has 0 saturated heterocycles. The zero-order valence-electron chi connectivity index (χ0n) is 9.54. The minimum Gasteiger partial charge on any atom is -0.393 e. The molecule has 0 aliphatic heterocycles. The fourth-order valence-corrected chi connectivity index (χ4v) is 1.54. The minimum absolute atomic E-state index is 0.227. The lowest BCUT2D eigenvalue weighted by Gasteiger charge is -2.16. The standard InChI is InChI=1S/C13H20O/c1-9-5-6-10(2)13(7-9)8-11(3)12(4)14/h5-7,11-12,14H,8H2,1-4H3. The van der Waals surface area contributed by atoms with Crippen LogP contribution < -0.4 is 0 Å². The van der Waals surface area contributed by atoms with Crippen LogP contribution in [0, 0.1) is 19.8 Å². The van der Waals surface area contributed by atoms with E-state index in [2.05, 4.69) is 39.0 Å². The highest BCUT2D eigenvalue weighted by Gasteiger charge is 2.10. The number of aliphatic hydroxyl groups is 1. The Kier molecular flexibility index (Phi) is 3.70. The molecule has 1 heteroatoms. The first-order valence-corrected chi connectivity index (χ1v) is 5.25. The molecule has 0 saturated carbocycles. The number of rotatable bonds is 3. The van der Waals surface area contributed by atoms with Crippen molar-refractivity contribution in [1.29, 1.82) is 0 Å². The maximum Gasteiger partial charge on any atom is 0.0540 e. The van der Waals surface area contributed by atoms with E-state index in [9.17, 15) is 5.11 Å². The summed E-state index contributed by atoms with van der Waals surface area (Å²) in [5, 5.41) is 9.44. The van der Waals surface area contributed by atoms with E-state index < -0.39 is 0 Å². The van der Waals surface area contributed by atoms with E-state index in [1.807, 2.05) is 6.92 Å². The summed E-state index contributed by atoms with van der Waals surface area (Å²) < 4.78 is 0. The highest BCUT2D eigenvalue weighted by molar-refractivity contribution is 5.30. The van der Waals surface area contributed by atoms with Gasteiger partial charge in [-0.05, 0) is 44.2 Å². The molecule has 1 nitrogen and oxygen atoms in total. The average molecular weight is 192 g/mol. The third kappa shape index (κ3) is 2.85. The Balaban J connectivity index is 2.80. The van der Waals surface area contributed by atoms with Crippen LogP contribution in [0.15, 0.2) is 18.2 Å². The summed E-state index contributed by atoms with van der Waals surface area (Å²) in [5.74, 6) is 0.329. The molecule has 0 aliphatic rings. The third-order valence-corrected chi connectivity index (χ3v) is 2.87. The fraction of sp³-hybridized carbons (Fsp3) is 0.538. The molecule has 0 spiro atoms. The molecule has 78 valence electrons. The molecule has 1 aromatic rings. The Morgan fingerprint density at radius 3 is 2.43 bits per heavy atom. The van der Waals surface area contributed by atoms with Crippen molar-refractivity contribution in [2.45, 2.75) is 40.2 Å². The Morgan fingerprint density at radius 2 is 1.86 bits per heavy atom. The molecule has 1 aromatic carbocycles. The van der Waals surface area contributed by atoms with E-state index in [-0.39, 0.29) is 6.10 Å². The number of aryl methyl sites for hydroxylation is 2. The summed E-state index contributed by atoms with van der Waals surface area (Å²) in [6.07, 6.45) is 0.737. The van der Waals surface area contributed by atoms with Crippen molar-refractivity contribution in [3.8, 4) is 0 Å². The van der Waals surface area contributed by atoms with Gasteiger partial charge in [-0.15, -0.1) is 0 Å². The lowest BCUT2D eigenvalue weighted by molar-refractivity contribution is 0.135. The van der Waals surface area contributed by atoms with E-state index in [0.29, 0.717) is 5.92 Å². The SMILES string of the molecule is Cc1ccc(C)c(CC(C)C(C)O)c1. The molecule has 2 atom stereocenters. The van der Waals surface area contributed by atoms with E-state index >= 15 is 0 Å². The predicted molar refractivity (Wildman–Crippen MR) is 60.5 cm³/mol. The van der Waals surface area contributed by atoms with Gasteiger partial charge in [0.1, 0.15) is 0 Å². The van der Waals surface area contributed by atoms with Crippen LogP contribution in [0.2, 0.25) is 0 Å². The lowest BCUT2D eigenvalue weighted by atomic mass is 9.93. The molecular weight excluding hydrogens is 172 g/mol. The normalized spacial score (nSPS) is 15.2. The van der Waals surface area contributed by atoms with Gasteiger partial charge in [0, 0.05) is 0 Å². The summed E-state index contributed by atoms with van der Waals surface area (Å²) in [6.45, 7) is 8.18. The van der Waals surface area contributed by atoms with Crippen molar-refractivity contribution in [2.75, 3.05) is 0 Å². The monoisotopic (exact) mass is 192 g/mol. The Hall–Kier alpha value is -0.820. The quantitative estimate of drug-likeness (QED) is 0.780. The van der Waals surface area contributed by atoms with Crippen LogP contribution >= 0.6 is 0 Å². The lowest BCUT2D eigenvalue weighted by Crippen LogP contribution is -2.16. The van der Waals surface area contributed by atoms with Crippen molar-refractivity contribution in [3.05, 3.63) is 34.9 Å². The first-order valence-electron chi connectivity index (χ1n) is 5.25. The summed E-state index contributed by atoms with van der Waals surface area (Å²) in [7, 11) is 0. The van der Waals surface area contributed by atoms with Gasteiger partial charge in [0.25, 0.3) is 0 Å². The zero-order valence-corrected chi connectivity index (χ0v) is 9.54. The Morgan fingerprint density at radius 1 is 1.21 bits per heavy atom.